The molecule has 0 saturated heterocycles. The first kappa shape index (κ1) is 21.8. The number of hydrogen-bond acceptors (Lipinski definition) is 4. The number of aromatic nitrogens is 2. The summed E-state index contributed by atoms with van der Waals surface area (Å²) in [6.45, 7) is 10.9. The zero-order valence-corrected chi connectivity index (χ0v) is 19.4. The Labute approximate surface area is 189 Å². The SMILES string of the molecule is CCCN1C(=O)NC(c2ccc(C)c(C)c2)C(c2nc(-c3ccc(CC)cc3)no2)=C1C. The van der Waals surface area contributed by atoms with Gasteiger partial charge in [-0.05, 0) is 55.9 Å². The van der Waals surface area contributed by atoms with E-state index in [0.29, 0.717) is 18.3 Å². The van der Waals surface area contributed by atoms with Gasteiger partial charge in [0.05, 0.1) is 11.6 Å². The van der Waals surface area contributed by atoms with Crippen LogP contribution < -0.4 is 5.32 Å². The van der Waals surface area contributed by atoms with Crippen LogP contribution in [0.4, 0.5) is 4.79 Å². The third-order valence-corrected chi connectivity index (χ3v) is 6.18. The second-order valence-electron chi connectivity index (χ2n) is 8.35. The first-order valence-corrected chi connectivity index (χ1v) is 11.2. The van der Waals surface area contributed by atoms with E-state index in [1.807, 2.05) is 19.1 Å². The van der Waals surface area contributed by atoms with Crippen molar-refractivity contribution in [3.05, 3.63) is 76.3 Å². The summed E-state index contributed by atoms with van der Waals surface area (Å²) >= 11 is 0. The molecule has 2 heterocycles. The molecule has 1 aromatic heterocycles. The maximum absolute atomic E-state index is 12.9. The number of amides is 2. The van der Waals surface area contributed by atoms with Gasteiger partial charge in [-0.25, -0.2) is 4.79 Å². The summed E-state index contributed by atoms with van der Waals surface area (Å²) in [7, 11) is 0. The Morgan fingerprint density at radius 1 is 1.03 bits per heavy atom. The highest BCUT2D eigenvalue weighted by Gasteiger charge is 2.35. The van der Waals surface area contributed by atoms with Gasteiger partial charge in [0, 0.05) is 17.8 Å². The third-order valence-electron chi connectivity index (χ3n) is 6.18. The third kappa shape index (κ3) is 4.05. The average molecular weight is 431 g/mol. The average Bonchev–Trinajstić information content (AvgIpc) is 3.28. The molecule has 2 amide bonds. The van der Waals surface area contributed by atoms with Crippen molar-refractivity contribution in [2.45, 2.75) is 53.5 Å². The summed E-state index contributed by atoms with van der Waals surface area (Å²) in [4.78, 5) is 19.4. The molecule has 166 valence electrons. The number of nitrogens with zero attached hydrogens (tertiary/aromatic N) is 3. The topological polar surface area (TPSA) is 71.3 Å². The number of nitrogens with one attached hydrogen (secondary N) is 1. The van der Waals surface area contributed by atoms with Crippen LogP contribution in [0, 0.1) is 13.8 Å². The highest BCUT2D eigenvalue weighted by atomic mass is 16.5. The molecule has 0 aliphatic carbocycles. The molecule has 6 heteroatoms. The number of allylic oxidation sites excluding steroid dienone is 1. The van der Waals surface area contributed by atoms with Gasteiger partial charge in [-0.2, -0.15) is 4.98 Å². The fraction of sp³-hybridized carbons (Fsp3) is 0.346. The Morgan fingerprint density at radius 3 is 2.44 bits per heavy atom. The minimum absolute atomic E-state index is 0.105. The second kappa shape index (κ2) is 8.99. The van der Waals surface area contributed by atoms with Gasteiger partial charge < -0.3 is 9.84 Å². The van der Waals surface area contributed by atoms with E-state index in [2.05, 4.69) is 68.5 Å². The van der Waals surface area contributed by atoms with Crippen molar-refractivity contribution in [3.63, 3.8) is 0 Å². The largest absolute Gasteiger partial charge is 0.334 e. The Kier molecular flexibility index (Phi) is 6.12. The van der Waals surface area contributed by atoms with Crippen molar-refractivity contribution in [2.75, 3.05) is 6.54 Å². The summed E-state index contributed by atoms with van der Waals surface area (Å²) in [5.41, 5.74) is 7.23. The maximum Gasteiger partial charge on any atom is 0.322 e. The van der Waals surface area contributed by atoms with Crippen LogP contribution in [-0.4, -0.2) is 27.6 Å². The van der Waals surface area contributed by atoms with Gasteiger partial charge in [-0.3, -0.25) is 4.90 Å². The lowest BCUT2D eigenvalue weighted by Gasteiger charge is -2.35. The predicted molar refractivity (Wildman–Crippen MR) is 126 cm³/mol. The molecule has 1 unspecified atom stereocenters. The van der Waals surface area contributed by atoms with E-state index in [4.69, 9.17) is 9.51 Å². The molecule has 1 N–H and O–H groups in total. The summed E-state index contributed by atoms with van der Waals surface area (Å²) < 4.78 is 5.76. The van der Waals surface area contributed by atoms with E-state index in [1.54, 1.807) is 4.90 Å². The summed E-state index contributed by atoms with van der Waals surface area (Å²) in [5, 5.41) is 7.41. The van der Waals surface area contributed by atoms with Gasteiger partial charge in [-0.15, -0.1) is 0 Å². The van der Waals surface area contributed by atoms with Gasteiger partial charge in [0.15, 0.2) is 0 Å². The molecular weight excluding hydrogens is 400 g/mol. The first-order valence-electron chi connectivity index (χ1n) is 11.2. The van der Waals surface area contributed by atoms with Gasteiger partial charge >= 0.3 is 6.03 Å². The lowest BCUT2D eigenvalue weighted by Crippen LogP contribution is -2.46. The van der Waals surface area contributed by atoms with Crippen molar-refractivity contribution < 1.29 is 9.32 Å². The van der Waals surface area contributed by atoms with Gasteiger partial charge in [0.1, 0.15) is 0 Å². The number of carbonyl (C=O) groups is 1. The van der Waals surface area contributed by atoms with Crippen molar-refractivity contribution in [2.24, 2.45) is 0 Å². The van der Waals surface area contributed by atoms with Crippen molar-refractivity contribution in [1.82, 2.24) is 20.4 Å². The van der Waals surface area contributed by atoms with Gasteiger partial charge in [-0.1, -0.05) is 61.5 Å². The lowest BCUT2D eigenvalue weighted by atomic mass is 9.92. The van der Waals surface area contributed by atoms with Crippen LogP contribution in [0.15, 0.2) is 52.7 Å². The maximum atomic E-state index is 12.9. The fourth-order valence-corrected chi connectivity index (χ4v) is 4.09. The summed E-state index contributed by atoms with van der Waals surface area (Å²) in [6, 6.07) is 14.0. The molecule has 6 nitrogen and oxygen atoms in total. The number of hydrogen-bond donors (Lipinski definition) is 1. The van der Waals surface area contributed by atoms with Crippen LogP contribution in [0.3, 0.4) is 0 Å². The Hall–Kier alpha value is -3.41. The van der Waals surface area contributed by atoms with Crippen LogP contribution in [0.5, 0.6) is 0 Å². The Bertz CT molecular complexity index is 1160. The van der Waals surface area contributed by atoms with Crippen LogP contribution >= 0.6 is 0 Å². The molecule has 0 radical (unpaired) electrons. The van der Waals surface area contributed by atoms with Crippen molar-refractivity contribution >= 4 is 11.6 Å². The van der Waals surface area contributed by atoms with E-state index in [1.165, 1.54) is 16.7 Å². The summed E-state index contributed by atoms with van der Waals surface area (Å²) in [6.07, 6.45) is 1.83. The number of urea groups is 1. The molecular formula is C26H30N4O2. The summed E-state index contributed by atoms with van der Waals surface area (Å²) in [5.74, 6) is 0.974. The zero-order valence-electron chi connectivity index (χ0n) is 19.4. The minimum Gasteiger partial charge on any atom is -0.334 e. The van der Waals surface area contributed by atoms with Crippen LogP contribution in [0.1, 0.15) is 61.4 Å². The van der Waals surface area contributed by atoms with Gasteiger partial charge in [0.25, 0.3) is 5.89 Å². The van der Waals surface area contributed by atoms with Crippen molar-refractivity contribution in [3.8, 4) is 11.4 Å². The first-order chi connectivity index (χ1) is 15.4. The molecule has 0 spiro atoms. The van der Waals surface area contributed by atoms with Crippen molar-refractivity contribution in [1.29, 1.82) is 0 Å². The molecule has 0 fully saturated rings. The molecule has 32 heavy (non-hydrogen) atoms. The second-order valence-corrected chi connectivity index (χ2v) is 8.35. The molecule has 0 bridgehead atoms. The Balaban J connectivity index is 1.80. The normalized spacial score (nSPS) is 16.5. The molecule has 4 rings (SSSR count). The highest BCUT2D eigenvalue weighted by Crippen LogP contribution is 2.37. The van der Waals surface area contributed by atoms with E-state index < -0.39 is 0 Å². The number of carbonyl (C=O) groups excluding carboxylic acids is 1. The smallest absolute Gasteiger partial charge is 0.322 e. The quantitative estimate of drug-likeness (QED) is 0.535. The molecule has 1 atom stereocenters. The van der Waals surface area contributed by atoms with Crippen LogP contribution in [0.2, 0.25) is 0 Å². The highest BCUT2D eigenvalue weighted by molar-refractivity contribution is 5.86. The fourth-order valence-electron chi connectivity index (χ4n) is 4.09. The monoisotopic (exact) mass is 430 g/mol. The van der Waals surface area contributed by atoms with E-state index >= 15 is 0 Å². The minimum atomic E-state index is -0.356. The van der Waals surface area contributed by atoms with Gasteiger partial charge in [0.2, 0.25) is 5.82 Å². The van der Waals surface area contributed by atoms with E-state index in [9.17, 15) is 4.79 Å². The number of rotatable bonds is 6. The van der Waals surface area contributed by atoms with Crippen LogP contribution in [-0.2, 0) is 6.42 Å². The molecule has 1 aliphatic heterocycles. The zero-order chi connectivity index (χ0) is 22.8. The van der Waals surface area contributed by atoms with E-state index in [0.717, 1.165) is 35.2 Å². The number of benzene rings is 2. The molecule has 2 aromatic carbocycles. The predicted octanol–water partition coefficient (Wildman–Crippen LogP) is 5.82. The standard InChI is InChI=1S/C26H30N4O2/c1-6-14-30-18(5)22(23(27-26(30)31)21-11-8-16(3)17(4)15-21)25-28-24(29-32-25)20-12-9-19(7-2)10-13-20/h8-13,15,23H,6-7,14H2,1-5H3,(H,27,31). The van der Waals surface area contributed by atoms with E-state index in [-0.39, 0.29) is 12.1 Å². The lowest BCUT2D eigenvalue weighted by molar-refractivity contribution is 0.205. The molecule has 0 saturated carbocycles. The molecule has 3 aromatic rings. The number of aryl methyl sites for hydroxylation is 3. The Morgan fingerprint density at radius 2 is 1.78 bits per heavy atom. The van der Waals surface area contributed by atoms with Crippen LogP contribution in [0.25, 0.3) is 17.0 Å². The molecule has 1 aliphatic rings.